The van der Waals surface area contributed by atoms with E-state index in [-0.39, 0.29) is 29.3 Å². The van der Waals surface area contributed by atoms with Crippen molar-refractivity contribution in [2.75, 3.05) is 15.1 Å². The smallest absolute Gasteiger partial charge is 0.320 e. The SMILES string of the molecule is N#Cc1ncc(NC(=O)c2ccc(N3C(=S)N(c4cnc(C#N)c(C(F)(F)F)c4)C(=O)C34CCC4)cc2F)cc1C(F)(F)F. The minimum Gasteiger partial charge on any atom is -0.320 e. The Morgan fingerprint density at radius 3 is 2.05 bits per heavy atom. The van der Waals surface area contributed by atoms with Gasteiger partial charge in [-0.1, -0.05) is 0 Å². The number of nitrogens with one attached hydrogen (secondary N) is 1. The van der Waals surface area contributed by atoms with Crippen LogP contribution < -0.4 is 15.1 Å². The van der Waals surface area contributed by atoms with Gasteiger partial charge in [-0.15, -0.1) is 0 Å². The fraction of sp³-hybridized carbons (Fsp3) is 0.222. The van der Waals surface area contributed by atoms with Crippen LogP contribution in [0, 0.1) is 28.5 Å². The number of amides is 2. The van der Waals surface area contributed by atoms with Crippen LogP contribution in [0.15, 0.2) is 42.7 Å². The van der Waals surface area contributed by atoms with Gasteiger partial charge < -0.3 is 10.2 Å². The third-order valence-electron chi connectivity index (χ3n) is 7.15. The predicted molar refractivity (Wildman–Crippen MR) is 141 cm³/mol. The Morgan fingerprint density at radius 2 is 1.52 bits per heavy atom. The van der Waals surface area contributed by atoms with Crippen molar-refractivity contribution in [1.29, 1.82) is 10.5 Å². The quantitative estimate of drug-likeness (QED) is 0.286. The summed E-state index contributed by atoms with van der Waals surface area (Å²) in [4.78, 5) is 35.3. The number of nitrogens with zero attached hydrogens (tertiary/aromatic N) is 6. The average molecular weight is 634 g/mol. The van der Waals surface area contributed by atoms with Gasteiger partial charge in [-0.2, -0.15) is 36.9 Å². The molecule has 1 spiro atoms. The van der Waals surface area contributed by atoms with Crippen LogP contribution >= 0.6 is 12.2 Å². The first kappa shape index (κ1) is 30.3. The Labute approximate surface area is 248 Å². The molecular weight excluding hydrogens is 619 g/mol. The van der Waals surface area contributed by atoms with Crippen LogP contribution in [0.2, 0.25) is 0 Å². The van der Waals surface area contributed by atoms with E-state index in [1.807, 2.05) is 0 Å². The maximum atomic E-state index is 15.3. The van der Waals surface area contributed by atoms with E-state index in [2.05, 4.69) is 15.3 Å². The molecule has 2 aliphatic rings. The number of carbonyl (C=O) groups excluding carboxylic acids is 2. The number of thiocarbonyl (C=S) groups is 1. The van der Waals surface area contributed by atoms with Crippen LogP contribution in [0.3, 0.4) is 0 Å². The molecule has 17 heteroatoms. The number of aromatic nitrogens is 2. The number of alkyl halides is 6. The molecule has 2 amide bonds. The van der Waals surface area contributed by atoms with Crippen molar-refractivity contribution in [3.63, 3.8) is 0 Å². The zero-order valence-electron chi connectivity index (χ0n) is 21.7. The maximum absolute atomic E-state index is 15.3. The lowest BCUT2D eigenvalue weighted by atomic mass is 9.75. The molecule has 3 aromatic rings. The molecule has 44 heavy (non-hydrogen) atoms. The van der Waals surface area contributed by atoms with Gasteiger partial charge in [0.1, 0.15) is 23.5 Å². The van der Waals surface area contributed by atoms with Crippen molar-refractivity contribution in [2.45, 2.75) is 37.2 Å². The van der Waals surface area contributed by atoms with E-state index in [1.165, 1.54) is 23.1 Å². The largest absolute Gasteiger partial charge is 0.419 e. The van der Waals surface area contributed by atoms with Crippen molar-refractivity contribution in [1.82, 2.24) is 9.97 Å². The molecule has 1 aliphatic heterocycles. The van der Waals surface area contributed by atoms with Gasteiger partial charge in [0.15, 0.2) is 16.5 Å². The second-order valence-corrected chi connectivity index (χ2v) is 10.1. The molecule has 3 heterocycles. The lowest BCUT2D eigenvalue weighted by molar-refractivity contribution is -0.138. The van der Waals surface area contributed by atoms with Gasteiger partial charge in [-0.25, -0.2) is 14.4 Å². The highest BCUT2D eigenvalue weighted by molar-refractivity contribution is 7.81. The fourth-order valence-electron chi connectivity index (χ4n) is 4.95. The molecule has 2 aromatic heterocycles. The second-order valence-electron chi connectivity index (χ2n) is 9.69. The normalized spacial score (nSPS) is 16.0. The zero-order valence-corrected chi connectivity index (χ0v) is 22.5. The van der Waals surface area contributed by atoms with Gasteiger partial charge in [0, 0.05) is 5.69 Å². The van der Waals surface area contributed by atoms with E-state index in [0.717, 1.165) is 29.4 Å². The van der Waals surface area contributed by atoms with Crippen LogP contribution in [0.5, 0.6) is 0 Å². The fourth-order valence-corrected chi connectivity index (χ4v) is 5.42. The molecule has 1 aliphatic carbocycles. The van der Waals surface area contributed by atoms with Crippen LogP contribution in [-0.4, -0.2) is 32.4 Å². The third kappa shape index (κ3) is 4.94. The molecule has 1 aromatic carbocycles. The summed E-state index contributed by atoms with van der Waals surface area (Å²) in [5, 5.41) is 19.7. The van der Waals surface area contributed by atoms with Crippen molar-refractivity contribution < 1.29 is 40.3 Å². The van der Waals surface area contributed by atoms with E-state index in [1.54, 1.807) is 0 Å². The molecule has 2 fully saturated rings. The van der Waals surface area contributed by atoms with Gasteiger partial charge in [0.05, 0.1) is 40.5 Å². The molecule has 1 N–H and O–H groups in total. The van der Waals surface area contributed by atoms with E-state index < -0.39 is 69.3 Å². The van der Waals surface area contributed by atoms with E-state index in [0.29, 0.717) is 18.6 Å². The molecule has 0 radical (unpaired) electrons. The Bertz CT molecular complexity index is 1820. The Balaban J connectivity index is 1.46. The number of hydrogen-bond donors (Lipinski definition) is 1. The number of pyridine rings is 2. The highest BCUT2D eigenvalue weighted by Crippen LogP contribution is 2.48. The number of anilines is 3. The third-order valence-corrected chi connectivity index (χ3v) is 7.51. The van der Waals surface area contributed by atoms with Gasteiger partial charge in [0.25, 0.3) is 11.8 Å². The lowest BCUT2D eigenvalue weighted by Crippen LogP contribution is -2.55. The van der Waals surface area contributed by atoms with E-state index >= 15 is 4.39 Å². The minimum absolute atomic E-state index is 0.0170. The van der Waals surface area contributed by atoms with Crippen molar-refractivity contribution in [3.05, 3.63) is 76.6 Å². The van der Waals surface area contributed by atoms with Crippen LogP contribution in [0.1, 0.15) is 52.1 Å². The summed E-state index contributed by atoms with van der Waals surface area (Å²) in [7, 11) is 0. The summed E-state index contributed by atoms with van der Waals surface area (Å²) in [6, 6.07) is 6.76. The second kappa shape index (κ2) is 10.5. The first-order valence-electron chi connectivity index (χ1n) is 12.4. The summed E-state index contributed by atoms with van der Waals surface area (Å²) in [5.74, 6) is -3.00. The van der Waals surface area contributed by atoms with Gasteiger partial charge in [-0.05, 0) is 61.8 Å². The highest BCUT2D eigenvalue weighted by Gasteiger charge is 2.60. The topological polar surface area (TPSA) is 126 Å². The maximum Gasteiger partial charge on any atom is 0.419 e. The van der Waals surface area contributed by atoms with Gasteiger partial charge in [-0.3, -0.25) is 14.5 Å². The number of benzene rings is 1. The number of nitriles is 2. The summed E-state index contributed by atoms with van der Waals surface area (Å²) in [5.41, 5.74) is -7.41. The summed E-state index contributed by atoms with van der Waals surface area (Å²) in [6.07, 6.45) is -7.25. The Kier molecular flexibility index (Phi) is 7.25. The summed E-state index contributed by atoms with van der Waals surface area (Å²) >= 11 is 5.46. The first-order valence-corrected chi connectivity index (χ1v) is 12.8. The minimum atomic E-state index is -4.96. The molecule has 1 saturated carbocycles. The number of rotatable bonds is 4. The molecular formula is C27H14F7N7O2S. The Hall–Kier alpha value is -5.16. The highest BCUT2D eigenvalue weighted by atomic mass is 32.1. The molecule has 0 bridgehead atoms. The van der Waals surface area contributed by atoms with Crippen molar-refractivity contribution in [3.8, 4) is 12.1 Å². The average Bonchev–Trinajstić information content (AvgIpc) is 3.18. The zero-order chi connectivity index (χ0) is 32.2. The van der Waals surface area contributed by atoms with E-state index in [4.69, 9.17) is 22.7 Å². The summed E-state index contributed by atoms with van der Waals surface area (Å²) in [6.45, 7) is 0. The van der Waals surface area contributed by atoms with Crippen LogP contribution in [0.4, 0.5) is 47.8 Å². The van der Waals surface area contributed by atoms with Crippen molar-refractivity contribution in [2.24, 2.45) is 0 Å². The molecule has 5 rings (SSSR count). The van der Waals surface area contributed by atoms with Crippen molar-refractivity contribution >= 4 is 46.2 Å². The Morgan fingerprint density at radius 1 is 0.932 bits per heavy atom. The summed E-state index contributed by atoms with van der Waals surface area (Å²) < 4.78 is 95.8. The molecule has 0 unspecified atom stereocenters. The standard InChI is InChI=1S/C27H14F7N7O2S/c28-19-8-14(2-3-16(19)22(42)39-13-6-17(26(29,30)31)20(9-35)37-11-13)41-24(44)40(23(43)25(41)4-1-5-25)15-7-18(27(32,33)34)21(10-36)38-12-15/h2-3,6-8,11-12H,1,4-5H2,(H,39,42). The van der Waals surface area contributed by atoms with Gasteiger partial charge in [0.2, 0.25) is 0 Å². The van der Waals surface area contributed by atoms with Crippen LogP contribution in [0.25, 0.3) is 0 Å². The molecule has 0 atom stereocenters. The first-order chi connectivity index (χ1) is 20.6. The predicted octanol–water partition coefficient (Wildman–Crippen LogP) is 5.71. The van der Waals surface area contributed by atoms with Gasteiger partial charge >= 0.3 is 12.4 Å². The monoisotopic (exact) mass is 633 g/mol. The van der Waals surface area contributed by atoms with Crippen LogP contribution in [-0.2, 0) is 17.1 Å². The number of hydrogen-bond acceptors (Lipinski definition) is 7. The van der Waals surface area contributed by atoms with E-state index in [9.17, 15) is 35.9 Å². The lowest BCUT2D eigenvalue weighted by Gasteiger charge is -2.43. The molecule has 1 saturated heterocycles. The number of halogens is 7. The molecule has 9 nitrogen and oxygen atoms in total. The molecule has 224 valence electrons. The number of carbonyl (C=O) groups is 2.